The predicted octanol–water partition coefficient (Wildman–Crippen LogP) is 3.94. The average Bonchev–Trinajstić information content (AvgIpc) is 3.32. The van der Waals surface area contributed by atoms with E-state index in [0.717, 1.165) is 28.2 Å². The number of nitriles is 1. The van der Waals surface area contributed by atoms with Crippen molar-refractivity contribution >= 4 is 17.5 Å². The van der Waals surface area contributed by atoms with Gasteiger partial charge in [-0.3, -0.25) is 4.98 Å². The van der Waals surface area contributed by atoms with Crippen LogP contribution in [0.5, 0.6) is 5.88 Å². The molecule has 5 rings (SSSR count). The minimum absolute atomic E-state index is 0.165. The Morgan fingerprint density at radius 1 is 0.972 bits per heavy atom. The van der Waals surface area contributed by atoms with Gasteiger partial charge in [0.05, 0.1) is 42.2 Å². The molecule has 3 N–H and O–H groups in total. The van der Waals surface area contributed by atoms with Gasteiger partial charge < -0.3 is 15.8 Å². The normalized spacial score (nSPS) is 10.8. The van der Waals surface area contributed by atoms with Crippen molar-refractivity contribution in [3.8, 4) is 34.3 Å². The summed E-state index contributed by atoms with van der Waals surface area (Å²) in [6.45, 7) is 4.27. The molecule has 178 valence electrons. The summed E-state index contributed by atoms with van der Waals surface area (Å²) in [5.74, 6) is 1.01. The van der Waals surface area contributed by atoms with E-state index in [9.17, 15) is 5.26 Å². The standard InChI is InChI=1S/C26H23N9O/c1-15-6-4-9-20(30-15)14-29-26-33-24-22(19-10-16(2)31-21(12-19)36-3)23(32-25(28)35(24)34-26)18-8-5-7-17(11-18)13-27/h4-12H,14H2,1-3H3,(H2,28,32)(H,29,34). The van der Waals surface area contributed by atoms with Crippen LogP contribution in [0.1, 0.15) is 22.6 Å². The lowest BCUT2D eigenvalue weighted by Gasteiger charge is -2.13. The SMILES string of the molecule is COc1cc(-c2c(-c3cccc(C#N)c3)nc(N)n3nc(NCc4cccc(C)n4)nc23)cc(C)n1. The molecular formula is C26H23N9O. The number of pyridine rings is 2. The monoisotopic (exact) mass is 477 g/mol. The first kappa shape index (κ1) is 22.7. The van der Waals surface area contributed by atoms with Crippen molar-refractivity contribution in [1.82, 2.24) is 29.5 Å². The second-order valence-corrected chi connectivity index (χ2v) is 8.22. The molecular weight excluding hydrogens is 454 g/mol. The number of methoxy groups -OCH3 is 1. The molecule has 0 bridgehead atoms. The van der Waals surface area contributed by atoms with Crippen LogP contribution in [0.3, 0.4) is 0 Å². The number of fused-ring (bicyclic) bond motifs is 1. The molecule has 4 heterocycles. The molecule has 0 aliphatic carbocycles. The van der Waals surface area contributed by atoms with Crippen LogP contribution in [0.2, 0.25) is 0 Å². The lowest BCUT2D eigenvalue weighted by atomic mass is 9.99. The number of nitrogen functional groups attached to an aromatic ring is 1. The molecule has 0 saturated carbocycles. The molecule has 36 heavy (non-hydrogen) atoms. The number of nitrogens with one attached hydrogen (secondary N) is 1. The van der Waals surface area contributed by atoms with Crippen molar-refractivity contribution in [2.45, 2.75) is 20.4 Å². The number of nitrogens with two attached hydrogens (primary N) is 1. The quantitative estimate of drug-likeness (QED) is 0.372. The summed E-state index contributed by atoms with van der Waals surface area (Å²) in [6, 6.07) is 18.9. The summed E-state index contributed by atoms with van der Waals surface area (Å²) in [6.07, 6.45) is 0. The maximum absolute atomic E-state index is 9.44. The lowest BCUT2D eigenvalue weighted by molar-refractivity contribution is 0.397. The molecule has 0 spiro atoms. The van der Waals surface area contributed by atoms with Crippen molar-refractivity contribution in [1.29, 1.82) is 5.26 Å². The van der Waals surface area contributed by atoms with Gasteiger partial charge in [-0.15, -0.1) is 5.10 Å². The molecule has 10 heteroatoms. The Morgan fingerprint density at radius 3 is 2.58 bits per heavy atom. The number of anilines is 2. The highest BCUT2D eigenvalue weighted by atomic mass is 16.5. The lowest BCUT2D eigenvalue weighted by Crippen LogP contribution is -2.06. The highest BCUT2D eigenvalue weighted by molar-refractivity contribution is 5.91. The summed E-state index contributed by atoms with van der Waals surface area (Å²) in [5, 5.41) is 17.2. The number of benzene rings is 1. The Hall–Kier alpha value is -5.04. The molecule has 5 aromatic rings. The molecule has 0 amide bonds. The van der Waals surface area contributed by atoms with Gasteiger partial charge in [0.15, 0.2) is 5.65 Å². The van der Waals surface area contributed by atoms with Crippen LogP contribution < -0.4 is 15.8 Å². The van der Waals surface area contributed by atoms with E-state index >= 15 is 0 Å². The summed E-state index contributed by atoms with van der Waals surface area (Å²) in [7, 11) is 1.57. The zero-order valence-electron chi connectivity index (χ0n) is 20.0. The summed E-state index contributed by atoms with van der Waals surface area (Å²) < 4.78 is 6.92. The van der Waals surface area contributed by atoms with E-state index in [1.807, 2.05) is 56.3 Å². The topological polar surface area (TPSA) is 140 Å². The van der Waals surface area contributed by atoms with Crippen molar-refractivity contribution in [3.63, 3.8) is 0 Å². The van der Waals surface area contributed by atoms with Crippen molar-refractivity contribution in [2.24, 2.45) is 0 Å². The Balaban J connectivity index is 1.70. The fourth-order valence-corrected chi connectivity index (χ4v) is 4.00. The van der Waals surface area contributed by atoms with E-state index in [0.29, 0.717) is 40.8 Å². The molecule has 0 atom stereocenters. The summed E-state index contributed by atoms with van der Waals surface area (Å²) in [5.41, 5.74) is 12.7. The molecule has 0 saturated heterocycles. The van der Waals surface area contributed by atoms with Crippen molar-refractivity contribution < 1.29 is 4.74 Å². The first-order chi connectivity index (χ1) is 17.4. The Labute approximate surface area is 207 Å². The smallest absolute Gasteiger partial charge is 0.243 e. The van der Waals surface area contributed by atoms with Gasteiger partial charge in [0.1, 0.15) is 0 Å². The van der Waals surface area contributed by atoms with Crippen LogP contribution in [0.15, 0.2) is 54.6 Å². The molecule has 0 radical (unpaired) electrons. The predicted molar refractivity (Wildman–Crippen MR) is 136 cm³/mol. The third kappa shape index (κ3) is 4.37. The number of aryl methyl sites for hydroxylation is 2. The maximum Gasteiger partial charge on any atom is 0.243 e. The third-order valence-corrected chi connectivity index (χ3v) is 5.58. The largest absolute Gasteiger partial charge is 0.481 e. The minimum atomic E-state index is 0.165. The number of rotatable bonds is 6. The highest BCUT2D eigenvalue weighted by Crippen LogP contribution is 2.36. The van der Waals surface area contributed by atoms with E-state index in [2.05, 4.69) is 31.4 Å². The van der Waals surface area contributed by atoms with E-state index in [4.69, 9.17) is 15.5 Å². The number of nitrogens with zero attached hydrogens (tertiary/aromatic N) is 7. The van der Waals surface area contributed by atoms with E-state index < -0.39 is 0 Å². The zero-order valence-corrected chi connectivity index (χ0v) is 20.0. The fraction of sp³-hybridized carbons (Fsp3) is 0.154. The minimum Gasteiger partial charge on any atom is -0.481 e. The second kappa shape index (κ2) is 9.31. The van der Waals surface area contributed by atoms with Crippen LogP contribution in [-0.4, -0.2) is 36.7 Å². The van der Waals surface area contributed by atoms with Gasteiger partial charge in [-0.05, 0) is 49.7 Å². The fourth-order valence-electron chi connectivity index (χ4n) is 4.00. The van der Waals surface area contributed by atoms with Crippen LogP contribution in [0.25, 0.3) is 28.0 Å². The van der Waals surface area contributed by atoms with E-state index in [-0.39, 0.29) is 5.95 Å². The molecule has 0 unspecified atom stereocenters. The molecule has 1 aromatic carbocycles. The van der Waals surface area contributed by atoms with Crippen molar-refractivity contribution in [3.05, 3.63) is 77.2 Å². The number of aromatic nitrogens is 6. The van der Waals surface area contributed by atoms with Crippen LogP contribution >= 0.6 is 0 Å². The Morgan fingerprint density at radius 2 is 1.81 bits per heavy atom. The number of ether oxygens (including phenoxy) is 1. The number of hydrogen-bond acceptors (Lipinski definition) is 9. The van der Waals surface area contributed by atoms with Crippen LogP contribution in [0, 0.1) is 25.2 Å². The Kier molecular flexibility index (Phi) is 5.88. The third-order valence-electron chi connectivity index (χ3n) is 5.58. The van der Waals surface area contributed by atoms with Gasteiger partial charge in [0.25, 0.3) is 0 Å². The Bertz CT molecular complexity index is 1640. The van der Waals surface area contributed by atoms with Gasteiger partial charge in [0.2, 0.25) is 17.8 Å². The molecule has 0 aliphatic heterocycles. The van der Waals surface area contributed by atoms with Crippen LogP contribution in [0.4, 0.5) is 11.9 Å². The van der Waals surface area contributed by atoms with Gasteiger partial charge in [-0.25, -0.2) is 9.97 Å². The van der Waals surface area contributed by atoms with Crippen LogP contribution in [-0.2, 0) is 6.54 Å². The average molecular weight is 478 g/mol. The molecule has 0 aliphatic rings. The van der Waals surface area contributed by atoms with Crippen molar-refractivity contribution in [2.75, 3.05) is 18.2 Å². The zero-order chi connectivity index (χ0) is 25.2. The van der Waals surface area contributed by atoms with Gasteiger partial charge in [-0.1, -0.05) is 18.2 Å². The van der Waals surface area contributed by atoms with E-state index in [1.165, 1.54) is 4.52 Å². The number of hydrogen-bond donors (Lipinski definition) is 2. The molecule has 4 aromatic heterocycles. The summed E-state index contributed by atoms with van der Waals surface area (Å²) in [4.78, 5) is 18.4. The summed E-state index contributed by atoms with van der Waals surface area (Å²) >= 11 is 0. The van der Waals surface area contributed by atoms with E-state index in [1.54, 1.807) is 19.2 Å². The highest BCUT2D eigenvalue weighted by Gasteiger charge is 2.21. The molecule has 10 nitrogen and oxygen atoms in total. The first-order valence-corrected chi connectivity index (χ1v) is 11.2. The van der Waals surface area contributed by atoms with Gasteiger partial charge >= 0.3 is 0 Å². The molecule has 0 fully saturated rings. The first-order valence-electron chi connectivity index (χ1n) is 11.2. The maximum atomic E-state index is 9.44. The van der Waals surface area contributed by atoms with Gasteiger partial charge in [0, 0.05) is 23.0 Å². The van der Waals surface area contributed by atoms with Gasteiger partial charge in [-0.2, -0.15) is 14.8 Å². The second-order valence-electron chi connectivity index (χ2n) is 8.22.